The van der Waals surface area contributed by atoms with Gasteiger partial charge in [-0.1, -0.05) is 27.5 Å². The molecule has 0 aromatic heterocycles. The van der Waals surface area contributed by atoms with Gasteiger partial charge in [0.15, 0.2) is 5.75 Å². The Labute approximate surface area is 161 Å². The molecule has 0 amide bonds. The monoisotopic (exact) mass is 463 g/mol. The maximum atomic E-state index is 14.3. The van der Waals surface area contributed by atoms with E-state index in [1.165, 1.54) is 12.1 Å². The summed E-state index contributed by atoms with van der Waals surface area (Å²) in [6.45, 7) is 0. The Morgan fingerprint density at radius 1 is 1.27 bits per heavy atom. The lowest BCUT2D eigenvalue weighted by Crippen LogP contribution is -2.15. The minimum absolute atomic E-state index is 0.110. The zero-order valence-corrected chi connectivity index (χ0v) is 16.1. The van der Waals surface area contributed by atoms with E-state index in [1.807, 2.05) is 0 Å². The fourth-order valence-electron chi connectivity index (χ4n) is 2.51. The quantitative estimate of drug-likeness (QED) is 0.611. The molecule has 0 unspecified atom stereocenters. The molecule has 0 atom stereocenters. The molecule has 2 aromatic carbocycles. The van der Waals surface area contributed by atoms with E-state index in [0.29, 0.717) is 17.3 Å². The zero-order chi connectivity index (χ0) is 19.2. The lowest BCUT2D eigenvalue weighted by Gasteiger charge is -2.13. The average Bonchev–Trinajstić information content (AvgIpc) is 3.36. The van der Waals surface area contributed by atoms with Gasteiger partial charge >= 0.3 is 5.97 Å². The topological polar surface area (TPSA) is 104 Å². The summed E-state index contributed by atoms with van der Waals surface area (Å²) in [5.74, 6) is -3.15. The van der Waals surface area contributed by atoms with Crippen molar-refractivity contribution < 1.29 is 27.8 Å². The number of carboxylic acid groups (broad SMARTS) is 1. The molecular weight excluding hydrogens is 453 g/mol. The van der Waals surface area contributed by atoms with E-state index in [4.69, 9.17) is 16.7 Å². The van der Waals surface area contributed by atoms with Gasteiger partial charge in [-0.2, -0.15) is 0 Å². The number of phenols is 1. The number of anilines is 1. The second kappa shape index (κ2) is 6.71. The van der Waals surface area contributed by atoms with Crippen LogP contribution in [0.25, 0.3) is 0 Å². The molecule has 0 saturated heterocycles. The molecule has 1 aliphatic rings. The lowest BCUT2D eigenvalue weighted by atomic mass is 10.0. The first-order valence-corrected chi connectivity index (χ1v) is 10.0. The molecule has 0 radical (unpaired) electrons. The van der Waals surface area contributed by atoms with Crippen LogP contribution in [0.4, 0.5) is 10.1 Å². The van der Waals surface area contributed by atoms with E-state index < -0.39 is 38.0 Å². The van der Waals surface area contributed by atoms with Gasteiger partial charge in [-0.05, 0) is 48.6 Å². The van der Waals surface area contributed by atoms with Gasteiger partial charge in [0.2, 0.25) is 0 Å². The van der Waals surface area contributed by atoms with Crippen molar-refractivity contribution in [3.8, 4) is 5.75 Å². The van der Waals surface area contributed by atoms with E-state index in [0.717, 1.165) is 12.1 Å². The Morgan fingerprint density at radius 3 is 2.50 bits per heavy atom. The predicted molar refractivity (Wildman–Crippen MR) is 97.0 cm³/mol. The summed E-state index contributed by atoms with van der Waals surface area (Å²) in [6, 6.07) is 4.64. The van der Waals surface area contributed by atoms with Crippen LogP contribution in [0.2, 0.25) is 5.02 Å². The van der Waals surface area contributed by atoms with Gasteiger partial charge in [-0.3, -0.25) is 4.72 Å². The largest absolute Gasteiger partial charge is 0.505 e. The normalized spacial score (nSPS) is 14.3. The van der Waals surface area contributed by atoms with Crippen molar-refractivity contribution in [2.45, 2.75) is 23.7 Å². The van der Waals surface area contributed by atoms with Crippen LogP contribution >= 0.6 is 27.5 Å². The molecule has 6 nitrogen and oxygen atoms in total. The fourth-order valence-corrected chi connectivity index (χ4v) is 4.71. The first-order chi connectivity index (χ1) is 12.1. The van der Waals surface area contributed by atoms with Crippen LogP contribution in [0.1, 0.15) is 34.7 Å². The van der Waals surface area contributed by atoms with Gasteiger partial charge in [0.05, 0.1) is 16.3 Å². The molecule has 1 aliphatic carbocycles. The molecule has 1 fully saturated rings. The van der Waals surface area contributed by atoms with Crippen LogP contribution in [0.5, 0.6) is 5.75 Å². The van der Waals surface area contributed by atoms with E-state index in [1.54, 1.807) is 0 Å². The molecule has 138 valence electrons. The highest BCUT2D eigenvalue weighted by Crippen LogP contribution is 2.43. The summed E-state index contributed by atoms with van der Waals surface area (Å²) in [6.07, 6.45) is 1.41. The smallest absolute Gasteiger partial charge is 0.338 e. The van der Waals surface area contributed by atoms with Crippen LogP contribution < -0.4 is 4.72 Å². The van der Waals surface area contributed by atoms with E-state index >= 15 is 0 Å². The molecular formula is C16H12BrClFNO5S. The molecule has 1 saturated carbocycles. The van der Waals surface area contributed by atoms with E-state index in [-0.39, 0.29) is 22.2 Å². The van der Waals surface area contributed by atoms with Gasteiger partial charge in [-0.25, -0.2) is 17.6 Å². The number of carboxylic acids is 1. The molecule has 0 spiro atoms. The second-order valence-corrected chi connectivity index (χ2v) is 8.82. The van der Waals surface area contributed by atoms with Gasteiger partial charge in [-0.15, -0.1) is 0 Å². The third kappa shape index (κ3) is 3.65. The van der Waals surface area contributed by atoms with Crippen molar-refractivity contribution in [2.75, 3.05) is 4.72 Å². The molecule has 0 aliphatic heterocycles. The number of aromatic hydroxyl groups is 1. The van der Waals surface area contributed by atoms with Crippen molar-refractivity contribution in [1.29, 1.82) is 0 Å². The molecule has 2 aromatic rings. The van der Waals surface area contributed by atoms with Crippen molar-refractivity contribution in [2.24, 2.45) is 0 Å². The Balaban J connectivity index is 2.07. The number of benzene rings is 2. The Bertz CT molecular complexity index is 1020. The van der Waals surface area contributed by atoms with Gasteiger partial charge in [0, 0.05) is 4.47 Å². The first kappa shape index (κ1) is 18.9. The minimum Gasteiger partial charge on any atom is -0.505 e. The average molecular weight is 465 g/mol. The molecule has 0 bridgehead atoms. The molecule has 3 N–H and O–H groups in total. The van der Waals surface area contributed by atoms with Gasteiger partial charge < -0.3 is 10.2 Å². The van der Waals surface area contributed by atoms with Gasteiger partial charge in [0.25, 0.3) is 10.0 Å². The Hall–Kier alpha value is -1.84. The summed E-state index contributed by atoms with van der Waals surface area (Å²) < 4.78 is 42.0. The number of carbonyl (C=O) groups is 1. The minimum atomic E-state index is -4.30. The van der Waals surface area contributed by atoms with E-state index in [2.05, 4.69) is 20.7 Å². The van der Waals surface area contributed by atoms with Crippen LogP contribution in [0.3, 0.4) is 0 Å². The highest BCUT2D eigenvalue weighted by atomic mass is 79.9. The van der Waals surface area contributed by atoms with Crippen LogP contribution in [0.15, 0.2) is 33.6 Å². The number of hydrogen-bond donors (Lipinski definition) is 3. The number of phenolic OH excluding ortho intramolecular Hbond substituents is 1. The first-order valence-electron chi connectivity index (χ1n) is 7.37. The zero-order valence-electron chi connectivity index (χ0n) is 13.0. The van der Waals surface area contributed by atoms with Crippen LogP contribution in [0, 0.1) is 5.82 Å². The third-order valence-corrected chi connectivity index (χ3v) is 6.02. The summed E-state index contributed by atoms with van der Waals surface area (Å²) in [5.41, 5.74) is -0.580. The Kier molecular flexibility index (Phi) is 4.89. The van der Waals surface area contributed by atoms with Crippen molar-refractivity contribution in [1.82, 2.24) is 0 Å². The van der Waals surface area contributed by atoms with Crippen LogP contribution in [-0.4, -0.2) is 24.6 Å². The number of rotatable bonds is 5. The molecule has 26 heavy (non-hydrogen) atoms. The summed E-state index contributed by atoms with van der Waals surface area (Å²) in [7, 11) is -4.30. The van der Waals surface area contributed by atoms with Crippen molar-refractivity contribution in [3.63, 3.8) is 0 Å². The summed E-state index contributed by atoms with van der Waals surface area (Å²) in [4.78, 5) is 10.8. The molecule has 10 heteroatoms. The maximum absolute atomic E-state index is 14.3. The number of halogens is 3. The van der Waals surface area contributed by atoms with Crippen molar-refractivity contribution >= 4 is 49.2 Å². The fraction of sp³-hybridized carbons (Fsp3) is 0.188. The van der Waals surface area contributed by atoms with Crippen molar-refractivity contribution in [3.05, 3.63) is 50.7 Å². The highest BCUT2D eigenvalue weighted by molar-refractivity contribution is 9.10. The number of sulfonamides is 1. The Morgan fingerprint density at radius 2 is 1.92 bits per heavy atom. The SMILES string of the molecule is O=C(O)c1cc(NS(=O)(=O)c2cc(Br)cc(Cl)c2O)cc(C2CC2)c1F. The number of aromatic carboxylic acids is 1. The predicted octanol–water partition coefficient (Wildman–Crippen LogP) is 4.32. The summed E-state index contributed by atoms with van der Waals surface area (Å²) >= 11 is 8.88. The molecule has 3 rings (SSSR count). The summed E-state index contributed by atoms with van der Waals surface area (Å²) in [5, 5.41) is 18.9. The number of nitrogens with one attached hydrogen (secondary N) is 1. The standard InChI is InChI=1S/C16H12BrClFNO5S/c17-8-3-12(18)15(21)13(4-8)26(24,25)20-9-5-10(7-1-2-7)14(19)11(6-9)16(22)23/h3-7,20-21H,1-2H2,(H,22,23). The number of hydrogen-bond acceptors (Lipinski definition) is 4. The highest BCUT2D eigenvalue weighted by Gasteiger charge is 2.30. The van der Waals surface area contributed by atoms with Gasteiger partial charge in [0.1, 0.15) is 10.7 Å². The molecule has 0 heterocycles. The maximum Gasteiger partial charge on any atom is 0.338 e. The van der Waals surface area contributed by atoms with E-state index in [9.17, 15) is 22.7 Å². The van der Waals surface area contributed by atoms with Crippen LogP contribution in [-0.2, 0) is 10.0 Å². The lowest BCUT2D eigenvalue weighted by molar-refractivity contribution is 0.0691. The third-order valence-electron chi connectivity index (χ3n) is 3.88. The second-order valence-electron chi connectivity index (χ2n) is 5.85.